The average Bonchev–Trinajstić information content (AvgIpc) is 2.90. The lowest BCUT2D eigenvalue weighted by molar-refractivity contribution is 0.342. The van der Waals surface area contributed by atoms with Gasteiger partial charge in [-0.15, -0.1) is 0 Å². The van der Waals surface area contributed by atoms with Gasteiger partial charge >= 0.3 is 0 Å². The van der Waals surface area contributed by atoms with E-state index >= 15 is 0 Å². The minimum absolute atomic E-state index is 0.429. The first-order chi connectivity index (χ1) is 9.31. The molecule has 0 radical (unpaired) electrons. The van der Waals surface area contributed by atoms with Crippen molar-refractivity contribution in [1.82, 2.24) is 5.32 Å². The summed E-state index contributed by atoms with van der Waals surface area (Å²) < 4.78 is 0. The highest BCUT2D eigenvalue weighted by Gasteiger charge is 2.36. The second-order valence-corrected chi connectivity index (χ2v) is 6.16. The molecule has 3 rings (SSSR count). The van der Waals surface area contributed by atoms with E-state index in [9.17, 15) is 0 Å². The maximum Gasteiger partial charge on any atom is 0.0417 e. The summed E-state index contributed by atoms with van der Waals surface area (Å²) in [4.78, 5) is 2.70. The molecule has 0 aromatic heterocycles. The van der Waals surface area contributed by atoms with Crippen LogP contribution in [0.2, 0.25) is 0 Å². The lowest BCUT2D eigenvalue weighted by atomic mass is 9.85. The van der Waals surface area contributed by atoms with Crippen molar-refractivity contribution < 1.29 is 0 Å². The molecule has 2 fully saturated rings. The maximum absolute atomic E-state index is 3.39. The largest absolute Gasteiger partial charge is 0.368 e. The van der Waals surface area contributed by atoms with Gasteiger partial charge in [0.1, 0.15) is 0 Å². The van der Waals surface area contributed by atoms with E-state index in [1.54, 1.807) is 0 Å². The summed E-state index contributed by atoms with van der Waals surface area (Å²) in [6.07, 6.45) is 7.11. The van der Waals surface area contributed by atoms with Crippen LogP contribution in [0.25, 0.3) is 0 Å². The number of anilines is 1. The van der Waals surface area contributed by atoms with Crippen molar-refractivity contribution in [3.05, 3.63) is 29.8 Å². The van der Waals surface area contributed by atoms with Gasteiger partial charge in [0.15, 0.2) is 0 Å². The van der Waals surface area contributed by atoms with E-state index in [0.717, 1.165) is 12.0 Å². The normalized spacial score (nSPS) is 28.2. The third kappa shape index (κ3) is 2.38. The highest BCUT2D eigenvalue weighted by Crippen LogP contribution is 2.40. The van der Waals surface area contributed by atoms with E-state index in [-0.39, 0.29) is 0 Å². The van der Waals surface area contributed by atoms with Crippen molar-refractivity contribution >= 4 is 5.69 Å². The molecular weight excluding hydrogens is 232 g/mol. The van der Waals surface area contributed by atoms with Gasteiger partial charge in [0.05, 0.1) is 0 Å². The van der Waals surface area contributed by atoms with Gasteiger partial charge in [-0.05, 0) is 50.8 Å². The fourth-order valence-electron chi connectivity index (χ4n) is 3.98. The van der Waals surface area contributed by atoms with Crippen LogP contribution in [0.4, 0.5) is 5.69 Å². The zero-order valence-electron chi connectivity index (χ0n) is 12.2. The van der Waals surface area contributed by atoms with E-state index in [0.29, 0.717) is 6.04 Å². The van der Waals surface area contributed by atoms with Gasteiger partial charge in [-0.25, -0.2) is 0 Å². The summed E-state index contributed by atoms with van der Waals surface area (Å²) in [6, 6.07) is 10.2. The Morgan fingerprint density at radius 2 is 1.95 bits per heavy atom. The molecule has 19 heavy (non-hydrogen) atoms. The van der Waals surface area contributed by atoms with Gasteiger partial charge < -0.3 is 10.2 Å². The van der Waals surface area contributed by atoms with Crippen molar-refractivity contribution in [2.75, 3.05) is 18.5 Å². The number of hydrogen-bond donors (Lipinski definition) is 1. The topological polar surface area (TPSA) is 15.3 Å². The Balaban J connectivity index is 1.89. The number of hydrogen-bond acceptors (Lipinski definition) is 2. The Labute approximate surface area is 117 Å². The molecule has 2 heteroatoms. The van der Waals surface area contributed by atoms with Gasteiger partial charge in [0.2, 0.25) is 0 Å². The number of rotatable bonds is 3. The minimum Gasteiger partial charge on any atom is -0.368 e. The van der Waals surface area contributed by atoms with Gasteiger partial charge in [-0.3, -0.25) is 0 Å². The van der Waals surface area contributed by atoms with E-state index in [1.807, 2.05) is 0 Å². The third-order valence-electron chi connectivity index (χ3n) is 5.16. The number of nitrogens with one attached hydrogen (secondary N) is 1. The standard InChI is InChI=1S/C17H26N2/c1-13(18-2)15-8-4-6-10-17(15)19-12-11-14-7-3-5-9-16(14)19/h4,6,8,10,13-14,16,18H,3,5,7,9,11-12H2,1-2H3. The van der Waals surface area contributed by atoms with Crippen molar-refractivity contribution in [2.45, 2.75) is 51.1 Å². The summed E-state index contributed by atoms with van der Waals surface area (Å²) >= 11 is 0. The molecule has 3 unspecified atom stereocenters. The summed E-state index contributed by atoms with van der Waals surface area (Å²) in [6.45, 7) is 3.51. The first-order valence-electron chi connectivity index (χ1n) is 7.84. The molecule has 1 aromatic carbocycles. The van der Waals surface area contributed by atoms with Crippen LogP contribution in [0.5, 0.6) is 0 Å². The predicted octanol–water partition coefficient (Wildman–Crippen LogP) is 3.74. The van der Waals surface area contributed by atoms with Crippen molar-refractivity contribution in [1.29, 1.82) is 0 Å². The van der Waals surface area contributed by atoms with Crippen molar-refractivity contribution in [3.63, 3.8) is 0 Å². The number of nitrogens with zero attached hydrogens (tertiary/aromatic N) is 1. The molecule has 0 amide bonds. The fourth-order valence-corrected chi connectivity index (χ4v) is 3.98. The Morgan fingerprint density at radius 1 is 1.16 bits per heavy atom. The Bertz CT molecular complexity index is 429. The third-order valence-corrected chi connectivity index (χ3v) is 5.16. The fraction of sp³-hybridized carbons (Fsp3) is 0.647. The monoisotopic (exact) mass is 258 g/mol. The molecule has 3 atom stereocenters. The summed E-state index contributed by atoms with van der Waals surface area (Å²) in [5.74, 6) is 0.951. The summed E-state index contributed by atoms with van der Waals surface area (Å²) in [7, 11) is 2.05. The molecule has 0 bridgehead atoms. The quantitative estimate of drug-likeness (QED) is 0.888. The smallest absolute Gasteiger partial charge is 0.0417 e. The molecule has 2 aliphatic rings. The van der Waals surface area contributed by atoms with Crippen molar-refractivity contribution in [3.8, 4) is 0 Å². The molecular formula is C17H26N2. The molecule has 1 aliphatic heterocycles. The van der Waals surface area contributed by atoms with Gasteiger partial charge in [-0.2, -0.15) is 0 Å². The van der Waals surface area contributed by atoms with E-state index in [2.05, 4.69) is 48.5 Å². The van der Waals surface area contributed by atoms with Crippen LogP contribution < -0.4 is 10.2 Å². The molecule has 0 spiro atoms. The number of fused-ring (bicyclic) bond motifs is 1. The summed E-state index contributed by atoms with van der Waals surface area (Å²) in [5.41, 5.74) is 2.93. The molecule has 1 saturated heterocycles. The highest BCUT2D eigenvalue weighted by atomic mass is 15.2. The first-order valence-corrected chi connectivity index (χ1v) is 7.84. The van der Waals surface area contributed by atoms with E-state index < -0.39 is 0 Å². The first kappa shape index (κ1) is 13.0. The molecule has 1 aromatic rings. The van der Waals surface area contributed by atoms with Crippen LogP contribution in [0, 0.1) is 5.92 Å². The second-order valence-electron chi connectivity index (χ2n) is 6.16. The second kappa shape index (κ2) is 5.54. The summed E-state index contributed by atoms with van der Waals surface area (Å²) in [5, 5.41) is 3.39. The number of benzene rings is 1. The van der Waals surface area contributed by atoms with Gasteiger partial charge in [0.25, 0.3) is 0 Å². The van der Waals surface area contributed by atoms with Gasteiger partial charge in [0, 0.05) is 24.3 Å². The van der Waals surface area contributed by atoms with E-state index in [4.69, 9.17) is 0 Å². The Hall–Kier alpha value is -1.02. The number of para-hydroxylation sites is 1. The zero-order valence-corrected chi connectivity index (χ0v) is 12.2. The Kier molecular flexibility index (Phi) is 3.79. The highest BCUT2D eigenvalue weighted by molar-refractivity contribution is 5.56. The lowest BCUT2D eigenvalue weighted by Crippen LogP contribution is -2.35. The van der Waals surface area contributed by atoms with Crippen LogP contribution in [-0.4, -0.2) is 19.6 Å². The van der Waals surface area contributed by atoms with Crippen LogP contribution in [0.3, 0.4) is 0 Å². The van der Waals surface area contributed by atoms with E-state index in [1.165, 1.54) is 49.9 Å². The average molecular weight is 258 g/mol. The zero-order chi connectivity index (χ0) is 13.2. The van der Waals surface area contributed by atoms with Gasteiger partial charge in [-0.1, -0.05) is 31.0 Å². The minimum atomic E-state index is 0.429. The Morgan fingerprint density at radius 3 is 2.79 bits per heavy atom. The SMILES string of the molecule is CNC(C)c1ccccc1N1CCC2CCCCC21. The molecule has 1 N–H and O–H groups in total. The van der Waals surface area contributed by atoms with Crippen LogP contribution in [-0.2, 0) is 0 Å². The molecule has 104 valence electrons. The predicted molar refractivity (Wildman–Crippen MR) is 81.6 cm³/mol. The van der Waals surface area contributed by atoms with Crippen molar-refractivity contribution in [2.24, 2.45) is 5.92 Å². The molecule has 1 aliphatic carbocycles. The maximum atomic E-state index is 3.39. The molecule has 2 nitrogen and oxygen atoms in total. The van der Waals surface area contributed by atoms with Crippen LogP contribution in [0.1, 0.15) is 50.6 Å². The molecule has 1 saturated carbocycles. The van der Waals surface area contributed by atoms with Crippen LogP contribution in [0.15, 0.2) is 24.3 Å². The lowest BCUT2D eigenvalue weighted by Gasteiger charge is -2.35. The molecule has 1 heterocycles. The van der Waals surface area contributed by atoms with Crippen LogP contribution >= 0.6 is 0 Å².